The molecule has 1 saturated heterocycles. The fourth-order valence-corrected chi connectivity index (χ4v) is 2.33. The maximum Gasteiger partial charge on any atom is 0.243 e. The minimum atomic E-state index is -0.0611. The Morgan fingerprint density at radius 1 is 1.47 bits per heavy atom. The number of nitrogens with one attached hydrogen (secondary N) is 1. The third-order valence-electron chi connectivity index (χ3n) is 3.06. The van der Waals surface area contributed by atoms with Crippen molar-refractivity contribution in [1.29, 1.82) is 0 Å². The first-order valence-electron chi connectivity index (χ1n) is 5.66. The maximum atomic E-state index is 11.2. The van der Waals surface area contributed by atoms with Crippen molar-refractivity contribution in [2.45, 2.75) is 45.8 Å². The monoisotopic (exact) mass is 210 g/mol. The molecule has 2 atom stereocenters. The first-order chi connectivity index (χ1) is 6.97. The molecule has 1 aliphatic rings. The fraction of sp³-hybridized carbons (Fsp3) is 0.750. The van der Waals surface area contributed by atoms with Gasteiger partial charge in [0.15, 0.2) is 0 Å². The zero-order valence-corrected chi connectivity index (χ0v) is 10.2. The van der Waals surface area contributed by atoms with Gasteiger partial charge < -0.3 is 5.32 Å². The molecule has 1 fully saturated rings. The van der Waals surface area contributed by atoms with Crippen molar-refractivity contribution in [3.05, 3.63) is 12.7 Å². The van der Waals surface area contributed by atoms with Crippen LogP contribution in [0, 0.1) is 5.92 Å². The van der Waals surface area contributed by atoms with Crippen molar-refractivity contribution in [2.75, 3.05) is 6.54 Å². The van der Waals surface area contributed by atoms with E-state index in [1.54, 1.807) is 0 Å². The molecule has 0 saturated carbocycles. The highest BCUT2D eigenvalue weighted by atomic mass is 16.1. The average molecular weight is 210 g/mol. The van der Waals surface area contributed by atoms with Crippen LogP contribution >= 0.6 is 0 Å². The molecule has 0 aromatic carbocycles. The third kappa shape index (κ3) is 2.59. The summed E-state index contributed by atoms with van der Waals surface area (Å²) in [5.41, 5.74) is 0. The van der Waals surface area contributed by atoms with Crippen molar-refractivity contribution >= 4 is 5.91 Å². The van der Waals surface area contributed by atoms with Crippen molar-refractivity contribution in [2.24, 2.45) is 5.92 Å². The molecule has 1 N–H and O–H groups in total. The molecular formula is C12H22N2O. The number of carbonyl (C=O) groups is 1. The SMILES string of the molecule is C=CC(=O)NC1CN(C(C)C)C1C(C)C. The Morgan fingerprint density at radius 2 is 2.07 bits per heavy atom. The van der Waals surface area contributed by atoms with E-state index in [0.717, 1.165) is 6.54 Å². The number of amides is 1. The number of likely N-dealkylation sites (tertiary alicyclic amines) is 1. The van der Waals surface area contributed by atoms with Crippen molar-refractivity contribution in [3.8, 4) is 0 Å². The molecule has 0 aliphatic carbocycles. The van der Waals surface area contributed by atoms with Gasteiger partial charge in [-0.05, 0) is 25.8 Å². The van der Waals surface area contributed by atoms with Gasteiger partial charge in [-0.2, -0.15) is 0 Å². The van der Waals surface area contributed by atoms with Crippen LogP contribution < -0.4 is 5.32 Å². The summed E-state index contributed by atoms with van der Waals surface area (Å²) >= 11 is 0. The Bertz CT molecular complexity index is 248. The van der Waals surface area contributed by atoms with Crippen LogP contribution in [0.3, 0.4) is 0 Å². The van der Waals surface area contributed by atoms with Crippen molar-refractivity contribution < 1.29 is 4.79 Å². The third-order valence-corrected chi connectivity index (χ3v) is 3.06. The summed E-state index contributed by atoms with van der Waals surface area (Å²) in [5.74, 6) is 0.505. The number of hydrogen-bond donors (Lipinski definition) is 1. The minimum absolute atomic E-state index is 0.0611. The summed E-state index contributed by atoms with van der Waals surface area (Å²) < 4.78 is 0. The fourth-order valence-electron chi connectivity index (χ4n) is 2.33. The summed E-state index contributed by atoms with van der Waals surface area (Å²) in [6, 6.07) is 1.31. The second kappa shape index (κ2) is 4.79. The van der Waals surface area contributed by atoms with E-state index in [2.05, 4.69) is 44.5 Å². The van der Waals surface area contributed by atoms with Gasteiger partial charge in [0.25, 0.3) is 0 Å². The van der Waals surface area contributed by atoms with Crippen LogP contribution in [0.15, 0.2) is 12.7 Å². The van der Waals surface area contributed by atoms with Crippen molar-refractivity contribution in [3.63, 3.8) is 0 Å². The molecule has 0 radical (unpaired) electrons. The van der Waals surface area contributed by atoms with Gasteiger partial charge in [-0.3, -0.25) is 9.69 Å². The highest BCUT2D eigenvalue weighted by Gasteiger charge is 2.42. The lowest BCUT2D eigenvalue weighted by atomic mass is 9.85. The first-order valence-corrected chi connectivity index (χ1v) is 5.66. The van der Waals surface area contributed by atoms with E-state index in [9.17, 15) is 4.79 Å². The predicted molar refractivity (Wildman–Crippen MR) is 62.6 cm³/mol. The van der Waals surface area contributed by atoms with Crippen LogP contribution in [0.5, 0.6) is 0 Å². The minimum Gasteiger partial charge on any atom is -0.347 e. The standard InChI is InChI=1S/C12H22N2O/c1-6-11(15)13-10-7-14(9(4)5)12(10)8(2)3/h6,8-10,12H,1,7H2,2-5H3,(H,13,15). The topological polar surface area (TPSA) is 32.3 Å². The molecule has 3 heteroatoms. The van der Waals surface area contributed by atoms with Gasteiger partial charge >= 0.3 is 0 Å². The van der Waals surface area contributed by atoms with E-state index >= 15 is 0 Å². The van der Waals surface area contributed by atoms with Gasteiger partial charge in [0.1, 0.15) is 0 Å². The molecule has 2 unspecified atom stereocenters. The Morgan fingerprint density at radius 3 is 2.47 bits per heavy atom. The van der Waals surface area contributed by atoms with Crippen molar-refractivity contribution in [1.82, 2.24) is 10.2 Å². The highest BCUT2D eigenvalue weighted by Crippen LogP contribution is 2.27. The van der Waals surface area contributed by atoms with Gasteiger partial charge in [0, 0.05) is 18.6 Å². The molecule has 86 valence electrons. The lowest BCUT2D eigenvalue weighted by Gasteiger charge is -2.52. The molecule has 0 aromatic rings. The van der Waals surface area contributed by atoms with Gasteiger partial charge in [-0.15, -0.1) is 0 Å². The van der Waals surface area contributed by atoms with Crippen LogP contribution in [0.2, 0.25) is 0 Å². The molecule has 3 nitrogen and oxygen atoms in total. The van der Waals surface area contributed by atoms with E-state index in [1.807, 2.05) is 0 Å². The average Bonchev–Trinajstić information content (AvgIpc) is 2.09. The van der Waals surface area contributed by atoms with E-state index < -0.39 is 0 Å². The van der Waals surface area contributed by atoms with Crippen LogP contribution in [0.25, 0.3) is 0 Å². The second-order valence-corrected chi connectivity index (χ2v) is 4.84. The Balaban J connectivity index is 2.56. The molecule has 1 aliphatic heterocycles. The molecule has 0 aromatic heterocycles. The first kappa shape index (κ1) is 12.2. The summed E-state index contributed by atoms with van der Waals surface area (Å²) in [4.78, 5) is 13.6. The van der Waals surface area contributed by atoms with E-state index in [4.69, 9.17) is 0 Å². The Kier molecular flexibility index (Phi) is 3.91. The smallest absolute Gasteiger partial charge is 0.243 e. The predicted octanol–water partition coefficient (Wildman–Crippen LogP) is 1.41. The van der Waals surface area contributed by atoms with Crippen LogP contribution in [-0.4, -0.2) is 35.5 Å². The van der Waals surface area contributed by atoms with Crippen LogP contribution in [0.1, 0.15) is 27.7 Å². The molecular weight excluding hydrogens is 188 g/mol. The zero-order valence-electron chi connectivity index (χ0n) is 10.2. The van der Waals surface area contributed by atoms with Gasteiger partial charge in [-0.1, -0.05) is 20.4 Å². The molecule has 0 bridgehead atoms. The molecule has 1 amide bonds. The van der Waals surface area contributed by atoms with Gasteiger partial charge in [0.05, 0.1) is 6.04 Å². The quantitative estimate of drug-likeness (QED) is 0.711. The number of carbonyl (C=O) groups excluding carboxylic acids is 1. The maximum absolute atomic E-state index is 11.2. The molecule has 0 spiro atoms. The van der Waals surface area contributed by atoms with Crippen LogP contribution in [-0.2, 0) is 4.79 Å². The zero-order chi connectivity index (χ0) is 11.6. The number of rotatable bonds is 4. The number of hydrogen-bond acceptors (Lipinski definition) is 2. The van der Waals surface area contributed by atoms with Crippen LogP contribution in [0.4, 0.5) is 0 Å². The normalized spacial score (nSPS) is 26.5. The highest BCUT2D eigenvalue weighted by molar-refractivity contribution is 5.87. The van der Waals surface area contributed by atoms with Gasteiger partial charge in [0.2, 0.25) is 5.91 Å². The number of nitrogens with zero attached hydrogens (tertiary/aromatic N) is 1. The lowest BCUT2D eigenvalue weighted by molar-refractivity contribution is -0.120. The van der Waals surface area contributed by atoms with Gasteiger partial charge in [-0.25, -0.2) is 0 Å². The summed E-state index contributed by atoms with van der Waals surface area (Å²) in [6.45, 7) is 13.2. The summed E-state index contributed by atoms with van der Waals surface area (Å²) in [7, 11) is 0. The largest absolute Gasteiger partial charge is 0.347 e. The van der Waals surface area contributed by atoms with E-state index in [0.29, 0.717) is 18.0 Å². The Labute approximate surface area is 92.5 Å². The summed E-state index contributed by atoms with van der Waals surface area (Å²) in [5, 5.41) is 2.98. The Hall–Kier alpha value is -0.830. The molecule has 1 heterocycles. The second-order valence-electron chi connectivity index (χ2n) is 4.84. The summed E-state index contributed by atoms with van der Waals surface area (Å²) in [6.07, 6.45) is 1.34. The van der Waals surface area contributed by atoms with E-state index in [-0.39, 0.29) is 11.9 Å². The molecule has 15 heavy (non-hydrogen) atoms. The van der Waals surface area contributed by atoms with E-state index in [1.165, 1.54) is 6.08 Å². The molecule has 1 rings (SSSR count). The lowest BCUT2D eigenvalue weighted by Crippen LogP contribution is -2.69.